The minimum Gasteiger partial charge on any atom is -0.358 e. The van der Waals surface area contributed by atoms with E-state index in [1.807, 2.05) is 96.1 Å². The maximum Gasteiger partial charge on any atom is 0.167 e. The summed E-state index contributed by atoms with van der Waals surface area (Å²) in [6.45, 7) is 34.0. The highest BCUT2D eigenvalue weighted by molar-refractivity contribution is 7.16. The maximum atomic E-state index is 9.44. The Bertz CT molecular complexity index is 983. The van der Waals surface area contributed by atoms with E-state index in [-0.39, 0.29) is 5.78 Å². The Kier molecular flexibility index (Phi) is 30.8. The average molecular weight is 547 g/mol. The SMILES string of the molecule is CC.CC.CC.CC.CC.CC(C)=O.C\C=C/C=C(\C=C/C)C1=NCc2onc(C)c2-c2sc(C)c(C)c21. The molecule has 1 aliphatic rings. The van der Waals surface area contributed by atoms with Gasteiger partial charge in [-0.25, -0.2) is 0 Å². The van der Waals surface area contributed by atoms with E-state index in [1.54, 1.807) is 11.3 Å². The zero-order valence-corrected chi connectivity index (χ0v) is 28.5. The molecule has 0 saturated heterocycles. The minimum atomic E-state index is 0.167. The summed E-state index contributed by atoms with van der Waals surface area (Å²) in [6.07, 6.45) is 10.4. The van der Waals surface area contributed by atoms with Gasteiger partial charge in [0.2, 0.25) is 0 Å². The number of nitrogens with zero attached hydrogens (tertiary/aromatic N) is 2. The summed E-state index contributed by atoms with van der Waals surface area (Å²) in [6, 6.07) is 0. The van der Waals surface area contributed by atoms with Crippen LogP contribution in [0.5, 0.6) is 0 Å². The van der Waals surface area contributed by atoms with Gasteiger partial charge in [-0.15, -0.1) is 11.3 Å². The van der Waals surface area contributed by atoms with Gasteiger partial charge in [0.15, 0.2) is 5.76 Å². The van der Waals surface area contributed by atoms with E-state index in [0.29, 0.717) is 6.54 Å². The van der Waals surface area contributed by atoms with Gasteiger partial charge in [-0.3, -0.25) is 4.99 Å². The molecule has 0 atom stereocenters. The summed E-state index contributed by atoms with van der Waals surface area (Å²) in [5, 5.41) is 4.16. The van der Waals surface area contributed by atoms with E-state index in [9.17, 15) is 4.79 Å². The lowest BCUT2D eigenvalue weighted by molar-refractivity contribution is -0.114. The number of hydrogen-bond acceptors (Lipinski definition) is 5. The van der Waals surface area contributed by atoms with Crippen LogP contribution < -0.4 is 0 Å². The first-order chi connectivity index (χ1) is 18.3. The fourth-order valence-corrected chi connectivity index (χ4v) is 4.24. The molecule has 1 aliphatic heterocycles. The van der Waals surface area contributed by atoms with Crippen molar-refractivity contribution in [3.05, 3.63) is 63.4 Å². The van der Waals surface area contributed by atoms with Crippen molar-refractivity contribution in [3.8, 4) is 10.4 Å². The highest BCUT2D eigenvalue weighted by Crippen LogP contribution is 2.42. The fraction of sp³-hybridized carbons (Fsp3) is 0.545. The van der Waals surface area contributed by atoms with Crippen LogP contribution in [-0.2, 0) is 11.3 Å². The van der Waals surface area contributed by atoms with Gasteiger partial charge in [0.05, 0.1) is 17.0 Å². The van der Waals surface area contributed by atoms with Crippen molar-refractivity contribution in [2.45, 2.75) is 124 Å². The Balaban J connectivity index is -0.000000354. The van der Waals surface area contributed by atoms with Gasteiger partial charge in [-0.1, -0.05) is 105 Å². The molecule has 0 aliphatic carbocycles. The molecule has 0 radical (unpaired) electrons. The zero-order chi connectivity index (χ0) is 30.8. The highest BCUT2D eigenvalue weighted by atomic mass is 32.1. The van der Waals surface area contributed by atoms with Crippen molar-refractivity contribution in [3.63, 3.8) is 0 Å². The molecule has 38 heavy (non-hydrogen) atoms. The zero-order valence-electron chi connectivity index (χ0n) is 27.7. The molecule has 0 bridgehead atoms. The van der Waals surface area contributed by atoms with Crippen molar-refractivity contribution in [1.29, 1.82) is 0 Å². The first-order valence-corrected chi connectivity index (χ1v) is 15.2. The maximum absolute atomic E-state index is 9.44. The number of thiophene rings is 1. The molecule has 0 aromatic carbocycles. The molecule has 0 N–H and O–H groups in total. The van der Waals surface area contributed by atoms with Gasteiger partial charge < -0.3 is 9.32 Å². The predicted octanol–water partition coefficient (Wildman–Crippen LogP) is 11.4. The Hall–Kier alpha value is -2.53. The largest absolute Gasteiger partial charge is 0.358 e. The Morgan fingerprint density at radius 2 is 1.34 bits per heavy atom. The minimum absolute atomic E-state index is 0.167. The lowest BCUT2D eigenvalue weighted by atomic mass is 9.95. The summed E-state index contributed by atoms with van der Waals surface area (Å²) in [7, 11) is 0. The monoisotopic (exact) mass is 546 g/mol. The van der Waals surface area contributed by atoms with E-state index in [2.05, 4.69) is 43.3 Å². The van der Waals surface area contributed by atoms with Crippen LogP contribution in [-0.4, -0.2) is 16.7 Å². The van der Waals surface area contributed by atoms with E-state index < -0.39 is 0 Å². The quantitative estimate of drug-likeness (QED) is 0.360. The van der Waals surface area contributed by atoms with Gasteiger partial charge in [-0.05, 0) is 54.0 Å². The van der Waals surface area contributed by atoms with Crippen LogP contribution in [0.1, 0.15) is 124 Å². The lowest BCUT2D eigenvalue weighted by Crippen LogP contribution is -2.05. The molecule has 4 nitrogen and oxygen atoms in total. The predicted molar refractivity (Wildman–Crippen MR) is 175 cm³/mol. The Morgan fingerprint density at radius 1 is 0.842 bits per heavy atom. The van der Waals surface area contributed by atoms with E-state index in [4.69, 9.17) is 9.52 Å². The molecule has 0 amide bonds. The van der Waals surface area contributed by atoms with Gasteiger partial charge in [0.25, 0.3) is 0 Å². The first kappa shape index (κ1) is 42.6. The van der Waals surface area contributed by atoms with E-state index >= 15 is 0 Å². The summed E-state index contributed by atoms with van der Waals surface area (Å²) in [5.74, 6) is 1.02. The third-order valence-corrected chi connectivity index (χ3v) is 5.48. The molecule has 0 fully saturated rings. The smallest absolute Gasteiger partial charge is 0.167 e. The van der Waals surface area contributed by atoms with E-state index in [0.717, 1.165) is 28.3 Å². The molecule has 0 unspecified atom stereocenters. The number of fused-ring (bicyclic) bond motifs is 3. The standard InChI is InChI=1S/C20H22N2OS.C3H6O.5C2H6/c1-6-8-10-15(9-7-2)19-17-12(3)14(5)24-20(17)18-13(4)22-23-16(18)11-21-19;1-3(2)4;5*1-2/h6-10H,11H2,1-5H3;1-2H3;5*1-2H3/b8-6-,9-7-,15-10+;;;;;;. The number of allylic oxidation sites excluding steroid dienone is 6. The summed E-state index contributed by atoms with van der Waals surface area (Å²) >= 11 is 1.80. The second-order valence-corrected chi connectivity index (χ2v) is 8.00. The van der Waals surface area contributed by atoms with Gasteiger partial charge in [-0.2, -0.15) is 0 Å². The highest BCUT2D eigenvalue weighted by Gasteiger charge is 2.28. The number of hydrogen-bond donors (Lipinski definition) is 0. The molecule has 3 rings (SSSR count). The van der Waals surface area contributed by atoms with Crippen LogP contribution in [0, 0.1) is 20.8 Å². The topological polar surface area (TPSA) is 55.5 Å². The van der Waals surface area contributed by atoms with Crippen molar-refractivity contribution < 1.29 is 9.32 Å². The molecule has 2 aromatic heterocycles. The normalized spacial score (nSPS) is 10.9. The van der Waals surface area contributed by atoms with Crippen molar-refractivity contribution in [1.82, 2.24) is 5.16 Å². The molecule has 3 heterocycles. The number of aryl methyl sites for hydroxylation is 2. The third-order valence-electron chi connectivity index (χ3n) is 4.25. The first-order valence-electron chi connectivity index (χ1n) is 14.3. The Labute approximate surface area is 240 Å². The number of carbonyl (C=O) groups excluding carboxylic acids is 1. The van der Waals surface area contributed by atoms with Crippen LogP contribution in [0.25, 0.3) is 10.4 Å². The van der Waals surface area contributed by atoms with Crippen molar-refractivity contribution in [2.75, 3.05) is 0 Å². The third kappa shape index (κ3) is 13.9. The van der Waals surface area contributed by atoms with Gasteiger partial charge in [0.1, 0.15) is 12.3 Å². The summed E-state index contributed by atoms with van der Waals surface area (Å²) < 4.78 is 5.54. The van der Waals surface area contributed by atoms with Crippen LogP contribution in [0.3, 0.4) is 0 Å². The number of Topliss-reactive ketones (excluding diaryl/α,β-unsaturated/α-hetero) is 1. The fourth-order valence-electron chi connectivity index (χ4n) is 2.96. The Morgan fingerprint density at radius 3 is 1.79 bits per heavy atom. The van der Waals surface area contributed by atoms with Gasteiger partial charge in [0, 0.05) is 20.9 Å². The molecule has 218 valence electrons. The lowest BCUT2D eigenvalue weighted by Gasteiger charge is -2.09. The molecular weight excluding hydrogens is 488 g/mol. The summed E-state index contributed by atoms with van der Waals surface area (Å²) in [4.78, 5) is 16.9. The van der Waals surface area contributed by atoms with Gasteiger partial charge >= 0.3 is 0 Å². The average Bonchev–Trinajstić information content (AvgIpc) is 3.40. The molecule has 0 saturated carbocycles. The van der Waals surface area contributed by atoms with Crippen LogP contribution in [0.15, 0.2) is 45.5 Å². The van der Waals surface area contributed by atoms with Crippen LogP contribution in [0.4, 0.5) is 0 Å². The number of rotatable bonds is 3. The molecule has 0 spiro atoms. The van der Waals surface area contributed by atoms with E-state index in [1.165, 1.54) is 34.7 Å². The molecule has 5 heteroatoms. The second kappa shape index (κ2) is 27.5. The number of aliphatic imine (C=N–C) groups is 1. The molecular formula is C33H58N2O2S. The van der Waals surface area contributed by atoms with Crippen LogP contribution >= 0.6 is 11.3 Å². The van der Waals surface area contributed by atoms with Crippen molar-refractivity contribution in [2.24, 2.45) is 4.99 Å². The van der Waals surface area contributed by atoms with Crippen molar-refractivity contribution >= 4 is 22.8 Å². The van der Waals surface area contributed by atoms with Crippen LogP contribution in [0.2, 0.25) is 0 Å². The number of carbonyl (C=O) groups is 1. The summed E-state index contributed by atoms with van der Waals surface area (Å²) in [5.41, 5.74) is 6.72. The number of ketones is 1. The number of aromatic nitrogens is 1. The second-order valence-electron chi connectivity index (χ2n) is 6.77. The molecule has 2 aromatic rings.